The minimum atomic E-state index is -4.68. The molecule has 2 aromatic heterocycles. The lowest BCUT2D eigenvalue weighted by Gasteiger charge is -2.36. The molecule has 244 valence electrons. The van der Waals surface area contributed by atoms with Crippen LogP contribution in [0.5, 0.6) is 5.75 Å². The van der Waals surface area contributed by atoms with Gasteiger partial charge < -0.3 is 18.9 Å². The summed E-state index contributed by atoms with van der Waals surface area (Å²) in [5.41, 5.74) is 1.78. The van der Waals surface area contributed by atoms with Crippen LogP contribution in [-0.4, -0.2) is 29.9 Å². The SMILES string of the molecule is CC(C)(C)OC(=O)/C(=C\c1ccc(C(F)(F)F)o1)Nc1ncc(-c2cccc(O[Si](C)(C)C(C)(C)C)c2)nc1Cc1ccccc1. The molecule has 0 aliphatic heterocycles. The Morgan fingerprint density at radius 2 is 1.65 bits per heavy atom. The fraction of sp³-hybridized carbons (Fsp3) is 0.343. The Morgan fingerprint density at radius 3 is 2.26 bits per heavy atom. The van der Waals surface area contributed by atoms with Crippen molar-refractivity contribution >= 4 is 26.2 Å². The zero-order valence-electron chi connectivity index (χ0n) is 27.4. The van der Waals surface area contributed by atoms with Crippen molar-refractivity contribution in [2.24, 2.45) is 0 Å². The Kier molecular flexibility index (Phi) is 9.86. The molecule has 0 aliphatic carbocycles. The summed E-state index contributed by atoms with van der Waals surface area (Å²) in [5, 5.41) is 2.99. The number of ether oxygens (including phenoxy) is 1. The van der Waals surface area contributed by atoms with Gasteiger partial charge in [0.2, 0.25) is 14.1 Å². The highest BCUT2D eigenvalue weighted by Crippen LogP contribution is 2.38. The smallest absolute Gasteiger partial charge is 0.449 e. The summed E-state index contributed by atoms with van der Waals surface area (Å²) in [4.78, 5) is 22.8. The Balaban J connectivity index is 1.76. The fourth-order valence-electron chi connectivity index (χ4n) is 4.08. The third-order valence-electron chi connectivity index (χ3n) is 7.43. The highest BCUT2D eigenvalue weighted by molar-refractivity contribution is 6.74. The lowest BCUT2D eigenvalue weighted by atomic mass is 10.1. The van der Waals surface area contributed by atoms with Gasteiger partial charge >= 0.3 is 12.1 Å². The van der Waals surface area contributed by atoms with Crippen molar-refractivity contribution in [2.45, 2.75) is 77.9 Å². The summed E-state index contributed by atoms with van der Waals surface area (Å²) in [6.45, 7) is 16.0. The van der Waals surface area contributed by atoms with Crippen molar-refractivity contribution in [3.05, 3.63) is 101 Å². The maximum absolute atomic E-state index is 13.3. The molecule has 2 heterocycles. The van der Waals surface area contributed by atoms with Crippen molar-refractivity contribution in [2.75, 3.05) is 5.32 Å². The van der Waals surface area contributed by atoms with Gasteiger partial charge in [-0.1, -0.05) is 63.2 Å². The van der Waals surface area contributed by atoms with Crippen LogP contribution >= 0.6 is 0 Å². The molecule has 0 saturated carbocycles. The summed E-state index contributed by atoms with van der Waals surface area (Å²) in [6, 6.07) is 19.2. The molecular formula is C35H40F3N3O4Si. The van der Waals surface area contributed by atoms with E-state index in [0.717, 1.165) is 35.1 Å². The number of carbonyl (C=O) groups is 1. The standard InChI is InChI=1S/C35H40F3N3O4Si/c1-33(2,3)44-32(42)28(21-25-17-18-30(43-25)35(36,37)38)41-31-27(19-23-13-10-9-11-14-23)40-29(22-39-31)24-15-12-16-26(20-24)45-46(7,8)34(4,5)6/h9-18,20-22H,19H2,1-8H3,(H,39,41)/b28-21+. The number of anilines is 1. The molecule has 0 radical (unpaired) electrons. The van der Waals surface area contributed by atoms with Gasteiger partial charge in [0.1, 0.15) is 22.8 Å². The van der Waals surface area contributed by atoms with Crippen LogP contribution in [-0.2, 0) is 22.1 Å². The first-order chi connectivity index (χ1) is 21.3. The largest absolute Gasteiger partial charge is 0.543 e. The molecule has 4 rings (SSSR count). The van der Waals surface area contributed by atoms with E-state index in [9.17, 15) is 18.0 Å². The number of carbonyl (C=O) groups excluding carboxylic acids is 1. The van der Waals surface area contributed by atoms with Crippen molar-refractivity contribution in [1.82, 2.24) is 9.97 Å². The van der Waals surface area contributed by atoms with E-state index in [0.29, 0.717) is 17.8 Å². The molecule has 0 atom stereocenters. The number of benzene rings is 2. The minimum Gasteiger partial charge on any atom is -0.543 e. The first kappa shape index (κ1) is 34.5. The number of esters is 1. The zero-order chi connectivity index (χ0) is 33.9. The minimum absolute atomic E-state index is 0.0162. The van der Waals surface area contributed by atoms with Crippen LogP contribution in [0.1, 0.15) is 64.3 Å². The lowest BCUT2D eigenvalue weighted by Crippen LogP contribution is -2.43. The predicted molar refractivity (Wildman–Crippen MR) is 176 cm³/mol. The van der Waals surface area contributed by atoms with E-state index in [1.807, 2.05) is 54.6 Å². The van der Waals surface area contributed by atoms with Gasteiger partial charge in [-0.2, -0.15) is 13.2 Å². The molecule has 11 heteroatoms. The van der Waals surface area contributed by atoms with E-state index in [1.54, 1.807) is 27.0 Å². The second kappa shape index (κ2) is 13.2. The summed E-state index contributed by atoms with van der Waals surface area (Å²) in [6.07, 6.45) is -1.59. The summed E-state index contributed by atoms with van der Waals surface area (Å²) in [5.74, 6) is -1.20. The van der Waals surface area contributed by atoms with Crippen LogP contribution < -0.4 is 9.74 Å². The van der Waals surface area contributed by atoms with E-state index in [2.05, 4.69) is 44.2 Å². The number of nitrogens with zero attached hydrogens (tertiary/aromatic N) is 2. The topological polar surface area (TPSA) is 86.5 Å². The highest BCUT2D eigenvalue weighted by atomic mass is 28.4. The van der Waals surface area contributed by atoms with Gasteiger partial charge in [-0.05, 0) is 68.7 Å². The molecule has 0 saturated heterocycles. The molecule has 7 nitrogen and oxygen atoms in total. The molecule has 2 aromatic carbocycles. The van der Waals surface area contributed by atoms with E-state index in [4.69, 9.17) is 18.6 Å². The van der Waals surface area contributed by atoms with Crippen LogP contribution in [0.15, 0.2) is 83.0 Å². The monoisotopic (exact) mass is 651 g/mol. The van der Waals surface area contributed by atoms with Crippen LogP contribution in [0.25, 0.3) is 17.3 Å². The zero-order valence-corrected chi connectivity index (χ0v) is 28.4. The molecule has 0 fully saturated rings. The Hall–Kier alpha value is -4.38. The van der Waals surface area contributed by atoms with Gasteiger partial charge in [-0.3, -0.25) is 0 Å². The number of aromatic nitrogens is 2. The second-order valence-corrected chi connectivity index (χ2v) is 18.2. The molecule has 46 heavy (non-hydrogen) atoms. The lowest BCUT2D eigenvalue weighted by molar-refractivity contribution is -0.153. The first-order valence-electron chi connectivity index (χ1n) is 14.9. The maximum atomic E-state index is 13.3. The quantitative estimate of drug-likeness (QED) is 0.110. The van der Waals surface area contributed by atoms with E-state index >= 15 is 0 Å². The van der Waals surface area contributed by atoms with Crippen molar-refractivity contribution < 1.29 is 31.5 Å². The number of hydrogen-bond acceptors (Lipinski definition) is 7. The number of rotatable bonds is 9. The number of alkyl halides is 3. The number of halogens is 3. The van der Waals surface area contributed by atoms with Crippen LogP contribution in [0.2, 0.25) is 18.1 Å². The average Bonchev–Trinajstić information content (AvgIpc) is 3.42. The summed E-state index contributed by atoms with van der Waals surface area (Å²) in [7, 11) is -2.09. The molecule has 0 bridgehead atoms. The third-order valence-corrected chi connectivity index (χ3v) is 11.8. The number of furan rings is 1. The first-order valence-corrected chi connectivity index (χ1v) is 17.8. The molecule has 0 amide bonds. The third kappa shape index (κ3) is 9.09. The van der Waals surface area contributed by atoms with E-state index in [1.165, 1.54) is 0 Å². The number of hydrogen-bond donors (Lipinski definition) is 1. The van der Waals surface area contributed by atoms with Crippen molar-refractivity contribution in [3.63, 3.8) is 0 Å². The molecule has 1 N–H and O–H groups in total. The average molecular weight is 652 g/mol. The summed E-state index contributed by atoms with van der Waals surface area (Å²) >= 11 is 0. The van der Waals surface area contributed by atoms with Gasteiger partial charge in [-0.25, -0.2) is 14.8 Å². The maximum Gasteiger partial charge on any atom is 0.449 e. The van der Waals surface area contributed by atoms with Gasteiger partial charge in [0.05, 0.1) is 17.6 Å². The molecule has 0 aliphatic rings. The summed E-state index contributed by atoms with van der Waals surface area (Å²) < 4.78 is 56.7. The molecular weight excluding hydrogens is 611 g/mol. The van der Waals surface area contributed by atoms with E-state index in [-0.39, 0.29) is 22.3 Å². The highest BCUT2D eigenvalue weighted by Gasteiger charge is 2.39. The van der Waals surface area contributed by atoms with Gasteiger partial charge in [-0.15, -0.1) is 0 Å². The normalized spacial score (nSPS) is 13.0. The molecule has 0 unspecified atom stereocenters. The molecule has 4 aromatic rings. The van der Waals surface area contributed by atoms with Gasteiger partial charge in [0.25, 0.3) is 0 Å². The fourth-order valence-corrected chi connectivity index (χ4v) is 5.10. The predicted octanol–water partition coefficient (Wildman–Crippen LogP) is 9.52. The molecule has 0 spiro atoms. The van der Waals surface area contributed by atoms with Crippen molar-refractivity contribution in [1.29, 1.82) is 0 Å². The Labute approximate surface area is 269 Å². The van der Waals surface area contributed by atoms with Crippen molar-refractivity contribution in [3.8, 4) is 17.0 Å². The van der Waals surface area contributed by atoms with Crippen LogP contribution in [0, 0.1) is 0 Å². The Morgan fingerprint density at radius 1 is 0.957 bits per heavy atom. The van der Waals surface area contributed by atoms with E-state index < -0.39 is 31.8 Å². The van der Waals surface area contributed by atoms with Crippen LogP contribution in [0.3, 0.4) is 0 Å². The Bertz CT molecular complexity index is 1700. The van der Waals surface area contributed by atoms with Gasteiger partial charge in [0, 0.05) is 18.1 Å². The van der Waals surface area contributed by atoms with Crippen LogP contribution in [0.4, 0.5) is 19.0 Å². The van der Waals surface area contributed by atoms with Gasteiger partial charge in [0.15, 0.2) is 5.82 Å². The number of nitrogens with one attached hydrogen (secondary N) is 1. The second-order valence-electron chi connectivity index (χ2n) is 13.5.